The molecule has 0 aromatic heterocycles. The van der Waals surface area contributed by atoms with Gasteiger partial charge in [-0.05, 0) is 50.8 Å². The van der Waals surface area contributed by atoms with Crippen LogP contribution in [0.1, 0.15) is 32.3 Å². The monoisotopic (exact) mass is 334 g/mol. The summed E-state index contributed by atoms with van der Waals surface area (Å²) >= 11 is 0. The van der Waals surface area contributed by atoms with Crippen LogP contribution in [-0.2, 0) is 11.2 Å². The van der Waals surface area contributed by atoms with Gasteiger partial charge >= 0.3 is 0 Å². The molecule has 0 spiro atoms. The Bertz CT molecular complexity index is 508. The molecule has 1 aliphatic rings. The molecule has 2 rings (SSSR count). The van der Waals surface area contributed by atoms with Crippen molar-refractivity contribution in [1.82, 2.24) is 0 Å². The fourth-order valence-corrected chi connectivity index (χ4v) is 3.38. The van der Waals surface area contributed by atoms with Gasteiger partial charge in [0.1, 0.15) is 25.3 Å². The van der Waals surface area contributed by atoms with Crippen molar-refractivity contribution in [3.8, 4) is 11.5 Å². The first-order valence-electron chi connectivity index (χ1n) is 9.02. The molecule has 0 saturated carbocycles. The number of allylic oxidation sites excluding steroid dienone is 1. The highest BCUT2D eigenvalue weighted by atomic mass is 16.5. The van der Waals surface area contributed by atoms with Crippen molar-refractivity contribution in [2.45, 2.75) is 45.3 Å². The summed E-state index contributed by atoms with van der Waals surface area (Å²) in [5, 5.41) is 0. The van der Waals surface area contributed by atoms with Crippen LogP contribution in [0.15, 0.2) is 30.9 Å². The van der Waals surface area contributed by atoms with E-state index in [-0.39, 0.29) is 0 Å². The Morgan fingerprint density at radius 3 is 2.62 bits per heavy atom. The van der Waals surface area contributed by atoms with Crippen LogP contribution in [0.2, 0.25) is 0 Å². The minimum absolute atomic E-state index is 0.373. The second-order valence-electron chi connectivity index (χ2n) is 6.70. The summed E-state index contributed by atoms with van der Waals surface area (Å²) in [6.07, 6.45) is 5.72. The zero-order chi connectivity index (χ0) is 17.4. The number of ether oxygens (including phenoxy) is 3. The van der Waals surface area contributed by atoms with E-state index in [0.29, 0.717) is 12.2 Å². The lowest BCUT2D eigenvalue weighted by Crippen LogP contribution is -3.15. The zero-order valence-corrected chi connectivity index (χ0v) is 15.3. The van der Waals surface area contributed by atoms with Crippen molar-refractivity contribution < 1.29 is 19.1 Å². The highest BCUT2D eigenvalue weighted by molar-refractivity contribution is 5.43. The molecule has 1 saturated heterocycles. The first-order valence-corrected chi connectivity index (χ1v) is 9.02. The van der Waals surface area contributed by atoms with Crippen molar-refractivity contribution in [3.05, 3.63) is 36.4 Å². The Kier molecular flexibility index (Phi) is 7.60. The van der Waals surface area contributed by atoms with Gasteiger partial charge in [0.05, 0.1) is 20.3 Å². The van der Waals surface area contributed by atoms with E-state index in [4.69, 9.17) is 14.2 Å². The molecule has 1 N–H and O–H groups in total. The number of unbranched alkanes of at least 4 members (excludes halogenated alkanes) is 1. The van der Waals surface area contributed by atoms with E-state index in [1.807, 2.05) is 18.2 Å². The number of nitrogens with one attached hydrogen (secondary N) is 1. The van der Waals surface area contributed by atoms with E-state index in [1.54, 1.807) is 12.0 Å². The highest BCUT2D eigenvalue weighted by Crippen LogP contribution is 2.28. The van der Waals surface area contributed by atoms with E-state index in [2.05, 4.69) is 26.5 Å². The fourth-order valence-electron chi connectivity index (χ4n) is 3.38. The molecule has 24 heavy (non-hydrogen) atoms. The van der Waals surface area contributed by atoms with Gasteiger partial charge in [-0.1, -0.05) is 12.1 Å². The molecule has 0 amide bonds. The molecule has 0 radical (unpaired) electrons. The van der Waals surface area contributed by atoms with Gasteiger partial charge in [-0.2, -0.15) is 0 Å². The van der Waals surface area contributed by atoms with Gasteiger partial charge in [0.25, 0.3) is 0 Å². The van der Waals surface area contributed by atoms with Gasteiger partial charge in [-0.3, -0.25) is 0 Å². The normalized spacial score (nSPS) is 23.7. The third-order valence-electron chi connectivity index (χ3n) is 4.41. The van der Waals surface area contributed by atoms with Gasteiger partial charge in [0, 0.05) is 0 Å². The van der Waals surface area contributed by atoms with Crippen LogP contribution in [0, 0.1) is 0 Å². The lowest BCUT2D eigenvalue weighted by Gasteiger charge is -2.32. The van der Waals surface area contributed by atoms with Crippen molar-refractivity contribution >= 4 is 0 Å². The molecule has 1 aromatic carbocycles. The van der Waals surface area contributed by atoms with Crippen LogP contribution < -0.4 is 14.4 Å². The average Bonchev–Trinajstić information content (AvgIpc) is 2.55. The van der Waals surface area contributed by atoms with Crippen LogP contribution in [0.5, 0.6) is 11.5 Å². The third-order valence-corrected chi connectivity index (χ3v) is 4.41. The minimum atomic E-state index is 0.373. The standard InChI is InChI=1S/C20H31NO3/c1-5-8-18-9-10-19(20(13-18)22-4)23-12-7-6-11-21-14-16(2)24-17(3)15-21/h5,9-10,13,16-17H,1,6-8,11-12,14-15H2,2-4H3/p+1/t16-,17+. The van der Waals surface area contributed by atoms with Crippen molar-refractivity contribution in [2.75, 3.05) is 33.4 Å². The zero-order valence-electron chi connectivity index (χ0n) is 15.3. The Hall–Kier alpha value is -1.52. The molecule has 1 aliphatic heterocycles. The van der Waals surface area contributed by atoms with Crippen LogP contribution in [0.25, 0.3) is 0 Å². The van der Waals surface area contributed by atoms with Crippen LogP contribution in [0.3, 0.4) is 0 Å². The third kappa shape index (κ3) is 5.84. The second kappa shape index (κ2) is 9.70. The van der Waals surface area contributed by atoms with Gasteiger partial charge in [0.2, 0.25) is 0 Å². The van der Waals surface area contributed by atoms with Crippen molar-refractivity contribution in [3.63, 3.8) is 0 Å². The summed E-state index contributed by atoms with van der Waals surface area (Å²) in [5.74, 6) is 1.63. The van der Waals surface area contributed by atoms with E-state index in [0.717, 1.165) is 44.0 Å². The van der Waals surface area contributed by atoms with Crippen LogP contribution >= 0.6 is 0 Å². The predicted octanol–water partition coefficient (Wildman–Crippen LogP) is 2.27. The van der Waals surface area contributed by atoms with E-state index in [1.165, 1.54) is 18.5 Å². The Morgan fingerprint density at radius 1 is 1.21 bits per heavy atom. The summed E-state index contributed by atoms with van der Waals surface area (Å²) < 4.78 is 17.1. The molecule has 1 fully saturated rings. The highest BCUT2D eigenvalue weighted by Gasteiger charge is 2.24. The quantitative estimate of drug-likeness (QED) is 0.555. The molecule has 0 aliphatic carbocycles. The molecule has 3 atom stereocenters. The predicted molar refractivity (Wildman–Crippen MR) is 97.2 cm³/mol. The first kappa shape index (κ1) is 18.8. The van der Waals surface area contributed by atoms with Gasteiger partial charge in [-0.15, -0.1) is 6.58 Å². The number of methoxy groups -OCH3 is 1. The maximum absolute atomic E-state index is 5.91. The summed E-state index contributed by atoms with van der Waals surface area (Å²) in [6, 6.07) is 6.09. The lowest BCUT2D eigenvalue weighted by molar-refractivity contribution is -0.915. The molecule has 4 nitrogen and oxygen atoms in total. The smallest absolute Gasteiger partial charge is 0.161 e. The first-order chi connectivity index (χ1) is 11.6. The topological polar surface area (TPSA) is 32.1 Å². The SMILES string of the molecule is C=CCc1ccc(OCCCC[NH+]2C[C@@H](C)O[C@@H](C)C2)c(OC)c1. The number of quaternary nitrogens is 1. The molecular weight excluding hydrogens is 302 g/mol. The second-order valence-corrected chi connectivity index (χ2v) is 6.70. The fraction of sp³-hybridized carbons (Fsp3) is 0.600. The van der Waals surface area contributed by atoms with Crippen molar-refractivity contribution in [1.29, 1.82) is 0 Å². The van der Waals surface area contributed by atoms with Crippen molar-refractivity contribution in [2.24, 2.45) is 0 Å². The molecule has 0 bridgehead atoms. The maximum Gasteiger partial charge on any atom is 0.161 e. The largest absolute Gasteiger partial charge is 0.493 e. The average molecular weight is 334 g/mol. The molecule has 1 aromatic rings. The number of morpholine rings is 1. The van der Waals surface area contributed by atoms with E-state index in [9.17, 15) is 0 Å². The Labute approximate surface area is 146 Å². The maximum atomic E-state index is 5.91. The molecule has 4 heteroatoms. The summed E-state index contributed by atoms with van der Waals surface area (Å²) in [7, 11) is 1.68. The molecular formula is C20H32NO3+. The Balaban J connectivity index is 1.71. The summed E-state index contributed by atoms with van der Waals surface area (Å²) in [5.41, 5.74) is 1.19. The summed E-state index contributed by atoms with van der Waals surface area (Å²) in [6.45, 7) is 12.3. The molecule has 1 heterocycles. The van der Waals surface area contributed by atoms with Crippen LogP contribution in [0.4, 0.5) is 0 Å². The molecule has 134 valence electrons. The lowest BCUT2D eigenvalue weighted by atomic mass is 10.1. The number of benzene rings is 1. The van der Waals surface area contributed by atoms with Gasteiger partial charge < -0.3 is 19.1 Å². The number of hydrogen-bond acceptors (Lipinski definition) is 3. The van der Waals surface area contributed by atoms with E-state index < -0.39 is 0 Å². The summed E-state index contributed by atoms with van der Waals surface area (Å²) in [4.78, 5) is 1.65. The van der Waals surface area contributed by atoms with Gasteiger partial charge in [0.15, 0.2) is 11.5 Å². The number of rotatable bonds is 9. The number of hydrogen-bond donors (Lipinski definition) is 1. The minimum Gasteiger partial charge on any atom is -0.493 e. The van der Waals surface area contributed by atoms with Crippen LogP contribution in [-0.4, -0.2) is 45.6 Å². The Morgan fingerprint density at radius 2 is 1.96 bits per heavy atom. The van der Waals surface area contributed by atoms with Gasteiger partial charge in [-0.25, -0.2) is 0 Å². The molecule has 1 unspecified atom stereocenters. The van der Waals surface area contributed by atoms with E-state index >= 15 is 0 Å².